The summed E-state index contributed by atoms with van der Waals surface area (Å²) in [5.74, 6) is 0.0231. The summed E-state index contributed by atoms with van der Waals surface area (Å²) in [7, 11) is 1.88. The molecule has 106 valence electrons. The van der Waals surface area contributed by atoms with Crippen LogP contribution in [0, 0.1) is 0 Å². The molecule has 0 aromatic carbocycles. The van der Waals surface area contributed by atoms with Crippen LogP contribution in [0.25, 0.3) is 0 Å². The van der Waals surface area contributed by atoms with Gasteiger partial charge in [0.2, 0.25) is 0 Å². The topological polar surface area (TPSA) is 39.3 Å². The van der Waals surface area contributed by atoms with Crippen LogP contribution in [0.15, 0.2) is 12.3 Å². The van der Waals surface area contributed by atoms with E-state index >= 15 is 0 Å². The molecule has 0 aliphatic carbocycles. The molecular formula is C14H22ClN3O. The van der Waals surface area contributed by atoms with Crippen molar-refractivity contribution in [2.75, 3.05) is 20.1 Å². The van der Waals surface area contributed by atoms with Crippen LogP contribution in [-0.2, 0) is 0 Å². The van der Waals surface area contributed by atoms with Crippen LogP contribution < -0.4 is 0 Å². The van der Waals surface area contributed by atoms with E-state index in [1.807, 2.05) is 11.9 Å². The summed E-state index contributed by atoms with van der Waals surface area (Å²) in [6.45, 7) is 6.56. The minimum Gasteiger partial charge on any atom is -0.356 e. The number of aromatic amines is 1. The third-order valence-electron chi connectivity index (χ3n) is 3.98. The second-order valence-corrected chi connectivity index (χ2v) is 5.94. The van der Waals surface area contributed by atoms with Crippen molar-refractivity contribution in [3.8, 4) is 0 Å². The highest BCUT2D eigenvalue weighted by Crippen LogP contribution is 2.19. The van der Waals surface area contributed by atoms with Crippen LogP contribution in [0.4, 0.5) is 0 Å². The average Bonchev–Trinajstić information content (AvgIpc) is 2.84. The van der Waals surface area contributed by atoms with Crippen LogP contribution in [0.1, 0.15) is 37.2 Å². The maximum atomic E-state index is 12.3. The first-order valence-electron chi connectivity index (χ1n) is 6.84. The predicted molar refractivity (Wildman–Crippen MR) is 77.6 cm³/mol. The van der Waals surface area contributed by atoms with Crippen LogP contribution in [0.5, 0.6) is 0 Å². The van der Waals surface area contributed by atoms with Gasteiger partial charge in [0.25, 0.3) is 5.91 Å². The molecule has 1 aliphatic rings. The van der Waals surface area contributed by atoms with E-state index in [9.17, 15) is 4.79 Å². The van der Waals surface area contributed by atoms with Crippen LogP contribution >= 0.6 is 11.6 Å². The number of nitrogens with one attached hydrogen (secondary N) is 1. The molecule has 4 nitrogen and oxygen atoms in total. The smallest absolute Gasteiger partial charge is 0.270 e. The molecule has 1 fully saturated rings. The number of halogens is 1. The fraction of sp³-hybridized carbons (Fsp3) is 0.643. The number of likely N-dealkylation sites (tertiary alicyclic amines) is 1. The van der Waals surface area contributed by atoms with Gasteiger partial charge in [-0.2, -0.15) is 0 Å². The highest BCUT2D eigenvalue weighted by molar-refractivity contribution is 6.30. The van der Waals surface area contributed by atoms with Crippen LogP contribution in [-0.4, -0.2) is 52.9 Å². The molecule has 19 heavy (non-hydrogen) atoms. The Bertz CT molecular complexity index is 436. The molecule has 0 bridgehead atoms. The van der Waals surface area contributed by atoms with E-state index < -0.39 is 0 Å². The number of aromatic nitrogens is 1. The number of rotatable bonds is 3. The van der Waals surface area contributed by atoms with Gasteiger partial charge in [0.15, 0.2) is 0 Å². The summed E-state index contributed by atoms with van der Waals surface area (Å²) in [5, 5.41) is 0.575. The molecule has 2 rings (SSSR count). The number of nitrogens with zero attached hydrogens (tertiary/aromatic N) is 2. The van der Waals surface area contributed by atoms with Gasteiger partial charge in [-0.15, -0.1) is 0 Å². The number of carbonyl (C=O) groups excluding carboxylic acids is 1. The molecule has 0 spiro atoms. The summed E-state index contributed by atoms with van der Waals surface area (Å²) in [5.41, 5.74) is 0.568. The Morgan fingerprint density at radius 3 is 2.58 bits per heavy atom. The molecule has 1 aromatic heterocycles. The van der Waals surface area contributed by atoms with E-state index in [0.29, 0.717) is 22.8 Å². The summed E-state index contributed by atoms with van der Waals surface area (Å²) in [6, 6.07) is 2.60. The standard InChI is InChI=1S/C14H22ClN3O/c1-10(2)18-6-4-12(5-7-18)17(3)14(19)13-8-11(15)9-16-13/h8-10,12,16H,4-7H2,1-3H3. The van der Waals surface area contributed by atoms with Crippen molar-refractivity contribution in [3.63, 3.8) is 0 Å². The van der Waals surface area contributed by atoms with Crippen molar-refractivity contribution in [3.05, 3.63) is 23.0 Å². The lowest BCUT2D eigenvalue weighted by molar-refractivity contribution is 0.0610. The quantitative estimate of drug-likeness (QED) is 0.926. The molecule has 1 aliphatic heterocycles. The number of carbonyl (C=O) groups is 1. The molecule has 2 heterocycles. The SMILES string of the molecule is CC(C)N1CCC(N(C)C(=O)c2cc(Cl)c[nH]2)CC1. The van der Waals surface area contributed by atoms with Gasteiger partial charge in [0.05, 0.1) is 5.02 Å². The Kier molecular flexibility index (Phi) is 4.53. The Morgan fingerprint density at radius 1 is 1.47 bits per heavy atom. The molecule has 5 heteroatoms. The van der Waals surface area contributed by atoms with Crippen LogP contribution in [0.2, 0.25) is 5.02 Å². The van der Waals surface area contributed by atoms with Gasteiger partial charge >= 0.3 is 0 Å². The third kappa shape index (κ3) is 3.31. The van der Waals surface area contributed by atoms with Gasteiger partial charge in [-0.05, 0) is 32.8 Å². The van der Waals surface area contributed by atoms with Gasteiger partial charge in [0, 0.05) is 38.4 Å². The first-order valence-corrected chi connectivity index (χ1v) is 7.22. The van der Waals surface area contributed by atoms with E-state index in [1.54, 1.807) is 12.3 Å². The lowest BCUT2D eigenvalue weighted by Gasteiger charge is -2.38. The normalized spacial score (nSPS) is 17.9. The third-order valence-corrected chi connectivity index (χ3v) is 4.19. The highest BCUT2D eigenvalue weighted by atomic mass is 35.5. The largest absolute Gasteiger partial charge is 0.356 e. The van der Waals surface area contributed by atoms with Crippen molar-refractivity contribution in [2.24, 2.45) is 0 Å². The van der Waals surface area contributed by atoms with Crippen molar-refractivity contribution in [2.45, 2.75) is 38.8 Å². The molecule has 0 atom stereocenters. The van der Waals surface area contributed by atoms with Crippen molar-refractivity contribution < 1.29 is 4.79 Å². The summed E-state index contributed by atoms with van der Waals surface area (Å²) < 4.78 is 0. The lowest BCUT2D eigenvalue weighted by Crippen LogP contribution is -2.47. The minimum absolute atomic E-state index is 0.0231. The average molecular weight is 284 g/mol. The molecule has 1 amide bonds. The maximum absolute atomic E-state index is 12.3. The molecule has 0 unspecified atom stereocenters. The number of H-pyrrole nitrogens is 1. The maximum Gasteiger partial charge on any atom is 0.270 e. The van der Waals surface area contributed by atoms with E-state index in [-0.39, 0.29) is 5.91 Å². The van der Waals surface area contributed by atoms with E-state index in [0.717, 1.165) is 25.9 Å². The van der Waals surface area contributed by atoms with E-state index in [2.05, 4.69) is 23.7 Å². The molecule has 0 saturated carbocycles. The first kappa shape index (κ1) is 14.4. The van der Waals surface area contributed by atoms with Crippen LogP contribution in [0.3, 0.4) is 0 Å². The molecule has 1 N–H and O–H groups in total. The Balaban J connectivity index is 1.94. The predicted octanol–water partition coefficient (Wildman–Crippen LogP) is 2.61. The van der Waals surface area contributed by atoms with Gasteiger partial charge in [-0.25, -0.2) is 0 Å². The zero-order valence-corrected chi connectivity index (χ0v) is 12.6. The number of hydrogen-bond acceptors (Lipinski definition) is 2. The number of hydrogen-bond donors (Lipinski definition) is 1. The van der Waals surface area contributed by atoms with Crippen molar-refractivity contribution in [1.82, 2.24) is 14.8 Å². The highest BCUT2D eigenvalue weighted by Gasteiger charge is 2.27. The van der Waals surface area contributed by atoms with Crippen molar-refractivity contribution >= 4 is 17.5 Å². The molecular weight excluding hydrogens is 262 g/mol. The summed E-state index contributed by atoms with van der Waals surface area (Å²) in [6.07, 6.45) is 3.72. The fourth-order valence-electron chi connectivity index (χ4n) is 2.64. The molecule has 1 saturated heterocycles. The van der Waals surface area contributed by atoms with Gasteiger partial charge in [-0.3, -0.25) is 4.79 Å². The van der Waals surface area contributed by atoms with Gasteiger partial charge in [-0.1, -0.05) is 11.6 Å². The Labute approximate surface area is 119 Å². The monoisotopic (exact) mass is 283 g/mol. The number of amides is 1. The van der Waals surface area contributed by atoms with Gasteiger partial charge < -0.3 is 14.8 Å². The van der Waals surface area contributed by atoms with Crippen molar-refractivity contribution in [1.29, 1.82) is 0 Å². The van der Waals surface area contributed by atoms with Gasteiger partial charge in [0.1, 0.15) is 5.69 Å². The lowest BCUT2D eigenvalue weighted by atomic mass is 10.0. The fourth-order valence-corrected chi connectivity index (χ4v) is 2.80. The first-order chi connectivity index (χ1) is 8.99. The van der Waals surface area contributed by atoms with E-state index in [4.69, 9.17) is 11.6 Å². The second-order valence-electron chi connectivity index (χ2n) is 5.51. The summed E-state index contributed by atoms with van der Waals surface area (Å²) in [4.78, 5) is 19.5. The Hall–Kier alpha value is -1.00. The minimum atomic E-state index is 0.0231. The molecule has 1 aromatic rings. The molecule has 0 radical (unpaired) electrons. The Morgan fingerprint density at radius 2 is 2.11 bits per heavy atom. The number of piperidine rings is 1. The van der Waals surface area contributed by atoms with E-state index in [1.165, 1.54) is 0 Å². The summed E-state index contributed by atoms with van der Waals surface area (Å²) >= 11 is 5.84. The zero-order valence-electron chi connectivity index (χ0n) is 11.8. The zero-order chi connectivity index (χ0) is 14.0. The second kappa shape index (κ2) is 5.97.